The first-order valence-electron chi connectivity index (χ1n) is 19.3. The molecular weight excluding hydrogens is 677 g/mol. The summed E-state index contributed by atoms with van der Waals surface area (Å²) in [4.78, 5) is 0. The fraction of sp³-hybridized carbons (Fsp3) is 0. The van der Waals surface area contributed by atoms with Gasteiger partial charge in [-0.1, -0.05) is 158 Å². The predicted octanol–water partition coefficient (Wildman–Crippen LogP) is 14.5. The zero-order valence-electron chi connectivity index (χ0n) is 30.7. The van der Waals surface area contributed by atoms with Crippen molar-refractivity contribution in [2.24, 2.45) is 0 Å². The third kappa shape index (κ3) is 5.34. The fourth-order valence-electron chi connectivity index (χ4n) is 8.58. The molecule has 11 aromatic rings. The SMILES string of the molecule is c1ccc(-c2ccc(-c3ccc(-n4c5ccccc5c5cc(-c6ccc7c(c6)c6ccccc6n7-c6ccc(-c7ccccc7)cc6)ccc54)cc3)cc2)cc1. The first kappa shape index (κ1) is 32.0. The van der Waals surface area contributed by atoms with Crippen LogP contribution in [-0.4, -0.2) is 9.13 Å². The zero-order chi connectivity index (χ0) is 37.0. The topological polar surface area (TPSA) is 9.86 Å². The van der Waals surface area contributed by atoms with Gasteiger partial charge in [0.15, 0.2) is 0 Å². The van der Waals surface area contributed by atoms with Gasteiger partial charge in [-0.05, 0) is 105 Å². The molecule has 9 aromatic carbocycles. The largest absolute Gasteiger partial charge is 0.309 e. The Morgan fingerprint density at radius 1 is 0.196 bits per heavy atom. The van der Waals surface area contributed by atoms with E-state index in [-0.39, 0.29) is 0 Å². The first-order valence-corrected chi connectivity index (χ1v) is 19.3. The molecule has 2 nitrogen and oxygen atoms in total. The molecule has 0 atom stereocenters. The van der Waals surface area contributed by atoms with Crippen LogP contribution in [0.1, 0.15) is 0 Å². The van der Waals surface area contributed by atoms with Crippen LogP contribution in [-0.2, 0) is 0 Å². The predicted molar refractivity (Wildman–Crippen MR) is 237 cm³/mol. The molecule has 0 aliphatic heterocycles. The summed E-state index contributed by atoms with van der Waals surface area (Å²) >= 11 is 0. The lowest BCUT2D eigenvalue weighted by Gasteiger charge is -2.11. The van der Waals surface area contributed by atoms with Crippen molar-refractivity contribution in [3.63, 3.8) is 0 Å². The third-order valence-corrected chi connectivity index (χ3v) is 11.4. The summed E-state index contributed by atoms with van der Waals surface area (Å²) in [7, 11) is 0. The van der Waals surface area contributed by atoms with Crippen LogP contribution >= 0.6 is 0 Å². The molecular formula is C54H36N2. The van der Waals surface area contributed by atoms with Crippen molar-refractivity contribution in [2.75, 3.05) is 0 Å². The number of hydrogen-bond acceptors (Lipinski definition) is 0. The monoisotopic (exact) mass is 712 g/mol. The smallest absolute Gasteiger partial charge is 0.0541 e. The van der Waals surface area contributed by atoms with E-state index in [1.54, 1.807) is 0 Å². The molecule has 0 amide bonds. The van der Waals surface area contributed by atoms with Gasteiger partial charge in [-0.2, -0.15) is 0 Å². The van der Waals surface area contributed by atoms with Crippen LogP contribution in [0.15, 0.2) is 218 Å². The molecule has 2 heteroatoms. The molecule has 0 aliphatic carbocycles. The van der Waals surface area contributed by atoms with Gasteiger partial charge in [-0.3, -0.25) is 0 Å². The average Bonchev–Trinajstić information content (AvgIpc) is 3.79. The van der Waals surface area contributed by atoms with Gasteiger partial charge < -0.3 is 9.13 Å². The Labute approximate surface area is 325 Å². The van der Waals surface area contributed by atoms with Gasteiger partial charge in [0.25, 0.3) is 0 Å². The summed E-state index contributed by atoms with van der Waals surface area (Å²) in [6.45, 7) is 0. The van der Waals surface area contributed by atoms with E-state index < -0.39 is 0 Å². The van der Waals surface area contributed by atoms with Crippen molar-refractivity contribution < 1.29 is 0 Å². The summed E-state index contributed by atoms with van der Waals surface area (Å²) in [6.07, 6.45) is 0. The zero-order valence-corrected chi connectivity index (χ0v) is 30.7. The van der Waals surface area contributed by atoms with E-state index in [0.29, 0.717) is 0 Å². The van der Waals surface area contributed by atoms with Crippen LogP contribution in [0.2, 0.25) is 0 Å². The molecule has 262 valence electrons. The second-order valence-corrected chi connectivity index (χ2v) is 14.6. The van der Waals surface area contributed by atoms with E-state index in [1.165, 1.54) is 88.1 Å². The van der Waals surface area contributed by atoms with E-state index in [2.05, 4.69) is 228 Å². The molecule has 0 aliphatic rings. The Morgan fingerprint density at radius 3 is 0.875 bits per heavy atom. The van der Waals surface area contributed by atoms with Crippen molar-refractivity contribution in [1.29, 1.82) is 0 Å². The summed E-state index contributed by atoms with van der Waals surface area (Å²) < 4.78 is 4.79. The normalized spacial score (nSPS) is 11.6. The second kappa shape index (κ2) is 13.2. The molecule has 0 radical (unpaired) electrons. The van der Waals surface area contributed by atoms with Crippen molar-refractivity contribution in [3.8, 4) is 55.9 Å². The van der Waals surface area contributed by atoms with Gasteiger partial charge in [0.05, 0.1) is 22.1 Å². The number of rotatable bonds is 6. The van der Waals surface area contributed by atoms with Gasteiger partial charge in [0.1, 0.15) is 0 Å². The minimum atomic E-state index is 1.15. The molecule has 0 N–H and O–H groups in total. The minimum Gasteiger partial charge on any atom is -0.309 e. The Bertz CT molecular complexity index is 3190. The van der Waals surface area contributed by atoms with E-state index >= 15 is 0 Å². The van der Waals surface area contributed by atoms with Crippen LogP contribution in [0.3, 0.4) is 0 Å². The molecule has 0 fully saturated rings. The Balaban J connectivity index is 0.965. The first-order chi connectivity index (χ1) is 27.8. The van der Waals surface area contributed by atoms with Gasteiger partial charge in [0, 0.05) is 32.9 Å². The molecule has 2 aromatic heterocycles. The molecule has 0 unspecified atom stereocenters. The number of hydrogen-bond donors (Lipinski definition) is 0. The van der Waals surface area contributed by atoms with Gasteiger partial charge in [-0.15, -0.1) is 0 Å². The summed E-state index contributed by atoms with van der Waals surface area (Å²) in [5, 5.41) is 5.01. The number of fused-ring (bicyclic) bond motifs is 6. The quantitative estimate of drug-likeness (QED) is 0.162. The number of benzene rings is 9. The lowest BCUT2D eigenvalue weighted by molar-refractivity contribution is 1.18. The van der Waals surface area contributed by atoms with Crippen molar-refractivity contribution in [3.05, 3.63) is 218 Å². The molecule has 0 saturated heterocycles. The number of nitrogens with zero attached hydrogens (tertiary/aromatic N) is 2. The van der Waals surface area contributed by atoms with Crippen LogP contribution in [0, 0.1) is 0 Å². The second-order valence-electron chi connectivity index (χ2n) is 14.6. The summed E-state index contributed by atoms with van der Waals surface area (Å²) in [6, 6.07) is 79.3. The van der Waals surface area contributed by atoms with Crippen LogP contribution < -0.4 is 0 Å². The van der Waals surface area contributed by atoms with E-state index in [1.807, 2.05) is 0 Å². The van der Waals surface area contributed by atoms with E-state index in [9.17, 15) is 0 Å². The lowest BCUT2D eigenvalue weighted by atomic mass is 10.00. The maximum Gasteiger partial charge on any atom is 0.0541 e. The van der Waals surface area contributed by atoms with Crippen LogP contribution in [0.4, 0.5) is 0 Å². The van der Waals surface area contributed by atoms with Crippen molar-refractivity contribution >= 4 is 43.6 Å². The van der Waals surface area contributed by atoms with E-state index in [0.717, 1.165) is 11.4 Å². The molecule has 56 heavy (non-hydrogen) atoms. The van der Waals surface area contributed by atoms with Gasteiger partial charge in [-0.25, -0.2) is 0 Å². The highest BCUT2D eigenvalue weighted by atomic mass is 15.0. The molecule has 0 bridgehead atoms. The maximum atomic E-state index is 2.40. The van der Waals surface area contributed by atoms with Crippen molar-refractivity contribution in [1.82, 2.24) is 9.13 Å². The summed E-state index contributed by atoms with van der Waals surface area (Å²) in [5.41, 5.74) is 16.9. The highest BCUT2D eigenvalue weighted by Gasteiger charge is 2.16. The fourth-order valence-corrected chi connectivity index (χ4v) is 8.58. The van der Waals surface area contributed by atoms with Crippen LogP contribution in [0.25, 0.3) is 99.5 Å². The third-order valence-electron chi connectivity index (χ3n) is 11.4. The van der Waals surface area contributed by atoms with Crippen LogP contribution in [0.5, 0.6) is 0 Å². The number of para-hydroxylation sites is 2. The van der Waals surface area contributed by atoms with Gasteiger partial charge in [0.2, 0.25) is 0 Å². The molecule has 11 rings (SSSR count). The maximum absolute atomic E-state index is 2.40. The van der Waals surface area contributed by atoms with Crippen molar-refractivity contribution in [2.45, 2.75) is 0 Å². The lowest BCUT2D eigenvalue weighted by Crippen LogP contribution is -1.94. The molecule has 0 spiro atoms. The average molecular weight is 713 g/mol. The Morgan fingerprint density at radius 2 is 0.482 bits per heavy atom. The molecule has 0 saturated carbocycles. The molecule has 2 heterocycles. The van der Waals surface area contributed by atoms with Gasteiger partial charge >= 0.3 is 0 Å². The summed E-state index contributed by atoms with van der Waals surface area (Å²) in [5.74, 6) is 0. The minimum absolute atomic E-state index is 1.15. The standard InChI is InChI=1S/C54H36N2/c1-3-11-37(12-4-1)39-19-21-40(22-20-39)42-25-31-46(32-26-42)56-52-18-10-8-16-48(52)50-36-44(28-34-54(50)56)43-27-33-53-49(35-43)47-15-7-9-17-51(47)55(53)45-29-23-41(24-30-45)38-13-5-2-6-14-38/h1-36H. The Kier molecular flexibility index (Phi) is 7.53. The van der Waals surface area contributed by atoms with E-state index in [4.69, 9.17) is 0 Å². The number of aromatic nitrogens is 2. The highest BCUT2D eigenvalue weighted by Crippen LogP contribution is 2.39. The highest BCUT2D eigenvalue weighted by molar-refractivity contribution is 6.12. The Hall–Kier alpha value is -7.42.